The third-order valence-corrected chi connectivity index (χ3v) is 2.06. The highest BCUT2D eigenvalue weighted by molar-refractivity contribution is 5.12. The summed E-state index contributed by atoms with van der Waals surface area (Å²) in [4.78, 5) is 3.58. The lowest BCUT2D eigenvalue weighted by atomic mass is 10.0. The van der Waals surface area contributed by atoms with Crippen LogP contribution in [0.1, 0.15) is 26.7 Å². The first-order valence-electron chi connectivity index (χ1n) is 3.10. The average molecular weight is 109 g/mol. The SMILES string of the molecule is [C-]#[N+]C1(C(C)C)CC1. The van der Waals surface area contributed by atoms with Gasteiger partial charge in [-0.3, -0.25) is 0 Å². The lowest BCUT2D eigenvalue weighted by molar-refractivity contribution is 0.541. The molecule has 44 valence electrons. The maximum Gasteiger partial charge on any atom is 0.235 e. The molecule has 0 atom stereocenters. The van der Waals surface area contributed by atoms with Gasteiger partial charge in [0.1, 0.15) is 0 Å². The lowest BCUT2D eigenvalue weighted by Crippen LogP contribution is -2.10. The molecule has 8 heavy (non-hydrogen) atoms. The van der Waals surface area contributed by atoms with Crippen LogP contribution in [-0.2, 0) is 0 Å². The van der Waals surface area contributed by atoms with Crippen molar-refractivity contribution in [2.75, 3.05) is 0 Å². The Morgan fingerprint density at radius 1 is 1.50 bits per heavy atom. The molecule has 0 unspecified atom stereocenters. The van der Waals surface area contributed by atoms with Crippen LogP contribution in [-0.4, -0.2) is 5.54 Å². The van der Waals surface area contributed by atoms with Crippen molar-refractivity contribution in [1.82, 2.24) is 0 Å². The van der Waals surface area contributed by atoms with Gasteiger partial charge in [-0.05, 0) is 0 Å². The minimum atomic E-state index is 0.0833. The van der Waals surface area contributed by atoms with Crippen LogP contribution in [0.3, 0.4) is 0 Å². The lowest BCUT2D eigenvalue weighted by Gasteiger charge is -2.03. The molecule has 0 aromatic heterocycles. The van der Waals surface area contributed by atoms with Crippen molar-refractivity contribution in [3.05, 3.63) is 11.4 Å². The van der Waals surface area contributed by atoms with Crippen molar-refractivity contribution in [1.29, 1.82) is 0 Å². The Morgan fingerprint density at radius 2 is 2.00 bits per heavy atom. The van der Waals surface area contributed by atoms with E-state index in [4.69, 9.17) is 6.57 Å². The summed E-state index contributed by atoms with van der Waals surface area (Å²) in [7, 11) is 0. The summed E-state index contributed by atoms with van der Waals surface area (Å²) in [6.45, 7) is 11.1. The van der Waals surface area contributed by atoms with Gasteiger partial charge in [0, 0.05) is 18.8 Å². The van der Waals surface area contributed by atoms with Crippen LogP contribution >= 0.6 is 0 Å². The molecular formula is C7H11N. The number of hydrogen-bond acceptors (Lipinski definition) is 0. The van der Waals surface area contributed by atoms with Crippen LogP contribution in [0.2, 0.25) is 0 Å². The standard InChI is InChI=1S/C7H11N/c1-6(2)7(8-3)4-5-7/h6H,4-5H2,1-2H3. The molecule has 1 nitrogen and oxygen atoms in total. The third-order valence-electron chi connectivity index (χ3n) is 2.06. The van der Waals surface area contributed by atoms with E-state index in [1.165, 1.54) is 0 Å². The van der Waals surface area contributed by atoms with Gasteiger partial charge >= 0.3 is 0 Å². The number of hydrogen-bond donors (Lipinski definition) is 0. The van der Waals surface area contributed by atoms with E-state index in [0.29, 0.717) is 5.92 Å². The van der Waals surface area contributed by atoms with Crippen molar-refractivity contribution in [3.8, 4) is 0 Å². The number of rotatable bonds is 1. The Bertz CT molecular complexity index is 126. The van der Waals surface area contributed by atoms with Crippen LogP contribution in [0.15, 0.2) is 0 Å². The molecule has 0 N–H and O–H groups in total. The molecule has 0 heterocycles. The predicted octanol–water partition coefficient (Wildman–Crippen LogP) is 2.09. The summed E-state index contributed by atoms with van der Waals surface area (Å²) in [6.07, 6.45) is 2.27. The normalized spacial score (nSPS) is 22.8. The van der Waals surface area contributed by atoms with Gasteiger partial charge in [-0.15, -0.1) is 0 Å². The van der Waals surface area contributed by atoms with Crippen LogP contribution in [0.25, 0.3) is 4.85 Å². The van der Waals surface area contributed by atoms with Gasteiger partial charge in [0.15, 0.2) is 0 Å². The molecule has 1 fully saturated rings. The molecule has 0 bridgehead atoms. The molecule has 0 amide bonds. The Balaban J connectivity index is 2.57. The van der Waals surface area contributed by atoms with Gasteiger partial charge in [-0.1, -0.05) is 13.8 Å². The second-order valence-electron chi connectivity index (χ2n) is 2.87. The first-order chi connectivity index (χ1) is 3.71. The van der Waals surface area contributed by atoms with Crippen LogP contribution in [0.4, 0.5) is 0 Å². The van der Waals surface area contributed by atoms with E-state index in [2.05, 4.69) is 18.7 Å². The fourth-order valence-electron chi connectivity index (χ4n) is 0.946. The zero-order valence-electron chi connectivity index (χ0n) is 5.44. The van der Waals surface area contributed by atoms with E-state index >= 15 is 0 Å². The fraction of sp³-hybridized carbons (Fsp3) is 0.857. The molecule has 1 rings (SSSR count). The van der Waals surface area contributed by atoms with Gasteiger partial charge in [0.05, 0.1) is 0 Å². The van der Waals surface area contributed by atoms with E-state index < -0.39 is 0 Å². The zero-order chi connectivity index (χ0) is 6.20. The van der Waals surface area contributed by atoms with Gasteiger partial charge in [-0.2, -0.15) is 0 Å². The van der Waals surface area contributed by atoms with Crippen LogP contribution in [0.5, 0.6) is 0 Å². The first-order valence-corrected chi connectivity index (χ1v) is 3.10. The summed E-state index contributed by atoms with van der Waals surface area (Å²) in [5, 5.41) is 0. The van der Waals surface area contributed by atoms with Gasteiger partial charge < -0.3 is 4.85 Å². The highest BCUT2D eigenvalue weighted by Crippen LogP contribution is 2.45. The molecule has 1 saturated carbocycles. The molecule has 0 spiro atoms. The van der Waals surface area contributed by atoms with Crippen molar-refractivity contribution < 1.29 is 0 Å². The summed E-state index contributed by atoms with van der Waals surface area (Å²) in [5.41, 5.74) is 0.0833. The molecular weight excluding hydrogens is 98.1 g/mol. The molecule has 1 heteroatoms. The topological polar surface area (TPSA) is 4.36 Å². The fourth-order valence-corrected chi connectivity index (χ4v) is 0.946. The Labute approximate surface area is 50.5 Å². The molecule has 0 saturated heterocycles. The largest absolute Gasteiger partial charge is 0.310 e. The molecule has 1 aliphatic rings. The minimum absolute atomic E-state index is 0.0833. The maximum absolute atomic E-state index is 6.82. The van der Waals surface area contributed by atoms with Crippen molar-refractivity contribution >= 4 is 0 Å². The summed E-state index contributed by atoms with van der Waals surface area (Å²) in [5.74, 6) is 0.569. The Hall–Kier alpha value is -0.510. The summed E-state index contributed by atoms with van der Waals surface area (Å²) < 4.78 is 0. The third kappa shape index (κ3) is 0.608. The number of nitrogens with zero attached hydrogens (tertiary/aromatic N) is 1. The van der Waals surface area contributed by atoms with Gasteiger partial charge in [0.2, 0.25) is 5.54 Å². The quantitative estimate of drug-likeness (QED) is 0.454. The minimum Gasteiger partial charge on any atom is -0.310 e. The highest BCUT2D eigenvalue weighted by Gasteiger charge is 2.53. The Kier molecular flexibility index (Phi) is 1.04. The van der Waals surface area contributed by atoms with Crippen molar-refractivity contribution in [3.63, 3.8) is 0 Å². The van der Waals surface area contributed by atoms with E-state index in [-0.39, 0.29) is 5.54 Å². The van der Waals surface area contributed by atoms with Crippen LogP contribution in [0, 0.1) is 12.5 Å². The van der Waals surface area contributed by atoms with Crippen molar-refractivity contribution in [2.24, 2.45) is 5.92 Å². The summed E-state index contributed by atoms with van der Waals surface area (Å²) in [6, 6.07) is 0. The van der Waals surface area contributed by atoms with Crippen LogP contribution < -0.4 is 0 Å². The van der Waals surface area contributed by atoms with Gasteiger partial charge in [-0.25, -0.2) is 6.57 Å². The predicted molar refractivity (Wildman–Crippen MR) is 33.4 cm³/mol. The summed E-state index contributed by atoms with van der Waals surface area (Å²) >= 11 is 0. The maximum atomic E-state index is 6.82. The second kappa shape index (κ2) is 1.48. The monoisotopic (exact) mass is 109 g/mol. The Morgan fingerprint density at radius 3 is 2.00 bits per heavy atom. The van der Waals surface area contributed by atoms with E-state index in [1.807, 2.05) is 0 Å². The van der Waals surface area contributed by atoms with E-state index in [1.54, 1.807) is 0 Å². The highest BCUT2D eigenvalue weighted by atomic mass is 14.9. The average Bonchev–Trinajstić information content (AvgIpc) is 2.44. The second-order valence-corrected chi connectivity index (χ2v) is 2.87. The molecule has 0 aromatic rings. The molecule has 0 radical (unpaired) electrons. The smallest absolute Gasteiger partial charge is 0.235 e. The van der Waals surface area contributed by atoms with Gasteiger partial charge in [0.25, 0.3) is 0 Å². The molecule has 1 aliphatic carbocycles. The molecule has 0 aliphatic heterocycles. The molecule has 0 aromatic carbocycles. The first kappa shape index (κ1) is 5.62. The van der Waals surface area contributed by atoms with E-state index in [9.17, 15) is 0 Å². The van der Waals surface area contributed by atoms with Crippen molar-refractivity contribution in [2.45, 2.75) is 32.2 Å². The van der Waals surface area contributed by atoms with E-state index in [0.717, 1.165) is 12.8 Å². The zero-order valence-corrected chi connectivity index (χ0v) is 5.44.